The highest BCUT2D eigenvalue weighted by Crippen LogP contribution is 2.14. The Hall–Kier alpha value is -0.200. The lowest BCUT2D eigenvalue weighted by molar-refractivity contribution is -0.195. The summed E-state index contributed by atoms with van der Waals surface area (Å²) < 4.78 is 4.81. The summed E-state index contributed by atoms with van der Waals surface area (Å²) in [5.74, 6) is 0. The molecule has 0 aliphatic carbocycles. The van der Waals surface area contributed by atoms with Crippen molar-refractivity contribution >= 4 is 0 Å². The van der Waals surface area contributed by atoms with Crippen LogP contribution in [0.25, 0.3) is 0 Å². The maximum Gasteiger partial charge on any atom is 0.111 e. The molecule has 0 saturated carbocycles. The Morgan fingerprint density at radius 1 is 1.18 bits per heavy atom. The molecule has 1 rings (SSSR count). The van der Waals surface area contributed by atoms with E-state index < -0.39 is 24.4 Å². The molecule has 66 valence electrons. The van der Waals surface area contributed by atoms with Gasteiger partial charge in [-0.1, -0.05) is 0 Å². The molecule has 1 aliphatic heterocycles. The Morgan fingerprint density at radius 2 is 1.82 bits per heavy atom. The quantitative estimate of drug-likeness (QED) is 0.343. The zero-order valence-electron chi connectivity index (χ0n) is 5.92. The first-order chi connectivity index (χ1) is 5.16. The first kappa shape index (κ1) is 8.89. The Morgan fingerprint density at radius 3 is 2.36 bits per heavy atom. The van der Waals surface area contributed by atoms with E-state index in [2.05, 4.69) is 0 Å². The van der Waals surface area contributed by atoms with Gasteiger partial charge in [-0.2, -0.15) is 0 Å². The van der Waals surface area contributed by atoms with Crippen LogP contribution >= 0.6 is 0 Å². The van der Waals surface area contributed by atoms with E-state index in [4.69, 9.17) is 25.2 Å². The lowest BCUT2D eigenvalue weighted by atomic mass is 10.0. The Bertz CT molecular complexity index is 126. The molecule has 0 aromatic rings. The van der Waals surface area contributed by atoms with Gasteiger partial charge in [-0.05, 0) is 0 Å². The van der Waals surface area contributed by atoms with E-state index in [-0.39, 0.29) is 13.2 Å². The molecule has 1 saturated heterocycles. The smallest absolute Gasteiger partial charge is 0.111 e. The number of hydrogen-bond donors (Lipinski definition) is 4. The molecule has 0 aromatic heterocycles. The van der Waals surface area contributed by atoms with Gasteiger partial charge in [-0.25, -0.2) is 0 Å². The van der Waals surface area contributed by atoms with Gasteiger partial charge in [0, 0.05) is 0 Å². The lowest BCUT2D eigenvalue weighted by Gasteiger charge is -2.34. The van der Waals surface area contributed by atoms with E-state index in [1.54, 1.807) is 0 Å². The fourth-order valence-electron chi connectivity index (χ4n) is 1.03. The standard InChI is InChI=1S/C6H12O5/c7-1-4-6(10)5(9)3(8)2-11-4/h3-10H,1-2H2/t3?,4?,5-,6?/m1/s1. The van der Waals surface area contributed by atoms with E-state index >= 15 is 0 Å². The topological polar surface area (TPSA) is 90.2 Å². The fraction of sp³-hybridized carbons (Fsp3) is 1.00. The van der Waals surface area contributed by atoms with Crippen molar-refractivity contribution in [3.8, 4) is 0 Å². The van der Waals surface area contributed by atoms with Gasteiger partial charge in [-0.3, -0.25) is 0 Å². The van der Waals surface area contributed by atoms with Crippen LogP contribution in [0.5, 0.6) is 0 Å². The zero-order chi connectivity index (χ0) is 8.43. The highest BCUT2D eigenvalue weighted by molar-refractivity contribution is 4.85. The summed E-state index contributed by atoms with van der Waals surface area (Å²) in [6.07, 6.45) is -4.27. The third-order valence-corrected chi connectivity index (χ3v) is 1.79. The van der Waals surface area contributed by atoms with Gasteiger partial charge >= 0.3 is 0 Å². The van der Waals surface area contributed by atoms with Crippen molar-refractivity contribution in [3.63, 3.8) is 0 Å². The minimum absolute atomic E-state index is 0.0521. The summed E-state index contributed by atoms with van der Waals surface area (Å²) in [6, 6.07) is 0. The third-order valence-electron chi connectivity index (χ3n) is 1.79. The van der Waals surface area contributed by atoms with Gasteiger partial charge in [0.05, 0.1) is 13.2 Å². The van der Waals surface area contributed by atoms with E-state index in [1.165, 1.54) is 0 Å². The van der Waals surface area contributed by atoms with Crippen molar-refractivity contribution in [1.82, 2.24) is 0 Å². The molecule has 1 aliphatic rings. The molecule has 0 bridgehead atoms. The average molecular weight is 164 g/mol. The maximum absolute atomic E-state index is 9.11. The van der Waals surface area contributed by atoms with Crippen LogP contribution in [0.2, 0.25) is 0 Å². The van der Waals surface area contributed by atoms with E-state index in [1.807, 2.05) is 0 Å². The van der Waals surface area contributed by atoms with Crippen LogP contribution in [0.3, 0.4) is 0 Å². The Kier molecular flexibility index (Phi) is 2.80. The van der Waals surface area contributed by atoms with Gasteiger partial charge in [0.1, 0.15) is 24.4 Å². The molecule has 5 nitrogen and oxygen atoms in total. The molecule has 0 spiro atoms. The van der Waals surface area contributed by atoms with Crippen molar-refractivity contribution in [2.75, 3.05) is 13.2 Å². The molecule has 5 heteroatoms. The molecule has 1 heterocycles. The van der Waals surface area contributed by atoms with Crippen molar-refractivity contribution in [3.05, 3.63) is 0 Å². The summed E-state index contributed by atoms with van der Waals surface area (Å²) in [7, 11) is 0. The van der Waals surface area contributed by atoms with Gasteiger partial charge in [-0.15, -0.1) is 0 Å². The average Bonchev–Trinajstić information content (AvgIpc) is 2.01. The monoisotopic (exact) mass is 164 g/mol. The van der Waals surface area contributed by atoms with Crippen LogP contribution < -0.4 is 0 Å². The molecule has 3 unspecified atom stereocenters. The van der Waals surface area contributed by atoms with E-state index in [9.17, 15) is 0 Å². The zero-order valence-corrected chi connectivity index (χ0v) is 5.92. The SMILES string of the molecule is OCC1OCC(O)[C@@H](O)C1O. The second-order valence-corrected chi connectivity index (χ2v) is 2.60. The third kappa shape index (κ3) is 1.69. The number of rotatable bonds is 1. The van der Waals surface area contributed by atoms with Gasteiger partial charge in [0.15, 0.2) is 0 Å². The maximum atomic E-state index is 9.11. The predicted molar refractivity (Wildman–Crippen MR) is 34.8 cm³/mol. The highest BCUT2D eigenvalue weighted by Gasteiger charge is 2.36. The summed E-state index contributed by atoms with van der Waals surface area (Å²) in [5.41, 5.74) is 0. The molecule has 0 amide bonds. The molecular weight excluding hydrogens is 152 g/mol. The molecule has 4 atom stereocenters. The molecule has 1 fully saturated rings. The van der Waals surface area contributed by atoms with Crippen LogP contribution in [0.4, 0.5) is 0 Å². The molecule has 4 N–H and O–H groups in total. The number of ether oxygens (including phenoxy) is 1. The highest BCUT2D eigenvalue weighted by atomic mass is 16.5. The first-order valence-corrected chi connectivity index (χ1v) is 3.43. The predicted octanol–water partition coefficient (Wildman–Crippen LogP) is -2.54. The Balaban J connectivity index is 2.52. The fourth-order valence-corrected chi connectivity index (χ4v) is 1.03. The number of aliphatic hydroxyl groups excluding tert-OH is 4. The van der Waals surface area contributed by atoms with Crippen molar-refractivity contribution in [1.29, 1.82) is 0 Å². The lowest BCUT2D eigenvalue weighted by Crippen LogP contribution is -2.53. The van der Waals surface area contributed by atoms with Gasteiger partial charge in [0.2, 0.25) is 0 Å². The summed E-state index contributed by atoms with van der Waals surface area (Å²) >= 11 is 0. The first-order valence-electron chi connectivity index (χ1n) is 3.43. The van der Waals surface area contributed by atoms with Gasteiger partial charge in [0.25, 0.3) is 0 Å². The number of hydrogen-bond acceptors (Lipinski definition) is 5. The minimum Gasteiger partial charge on any atom is -0.394 e. The van der Waals surface area contributed by atoms with Gasteiger partial charge < -0.3 is 25.2 Å². The summed E-state index contributed by atoms with van der Waals surface area (Å²) in [6.45, 7) is -0.408. The Labute approximate surface area is 63.8 Å². The number of aliphatic hydroxyl groups is 4. The van der Waals surface area contributed by atoms with Crippen LogP contribution in [0.1, 0.15) is 0 Å². The second kappa shape index (κ2) is 3.46. The van der Waals surface area contributed by atoms with Crippen LogP contribution in [0.15, 0.2) is 0 Å². The molecule has 0 aromatic carbocycles. The summed E-state index contributed by atoms with van der Waals surface area (Å²) in [5, 5.41) is 35.7. The van der Waals surface area contributed by atoms with Crippen molar-refractivity contribution in [2.45, 2.75) is 24.4 Å². The van der Waals surface area contributed by atoms with Crippen LogP contribution in [0, 0.1) is 0 Å². The molecular formula is C6H12O5. The molecule has 11 heavy (non-hydrogen) atoms. The van der Waals surface area contributed by atoms with Crippen LogP contribution in [-0.2, 0) is 4.74 Å². The largest absolute Gasteiger partial charge is 0.394 e. The van der Waals surface area contributed by atoms with E-state index in [0.29, 0.717) is 0 Å². The normalized spacial score (nSPS) is 45.8. The van der Waals surface area contributed by atoms with Crippen molar-refractivity contribution in [2.24, 2.45) is 0 Å². The van der Waals surface area contributed by atoms with Crippen LogP contribution in [-0.4, -0.2) is 58.1 Å². The molecule has 0 radical (unpaired) electrons. The summed E-state index contributed by atoms with van der Waals surface area (Å²) in [4.78, 5) is 0. The van der Waals surface area contributed by atoms with E-state index in [0.717, 1.165) is 0 Å². The van der Waals surface area contributed by atoms with Crippen molar-refractivity contribution < 1.29 is 25.2 Å². The minimum atomic E-state index is -1.22. The second-order valence-electron chi connectivity index (χ2n) is 2.60.